The van der Waals surface area contributed by atoms with Gasteiger partial charge in [0, 0.05) is 5.02 Å². The van der Waals surface area contributed by atoms with Crippen LogP contribution in [0.1, 0.15) is 74.6 Å². The van der Waals surface area contributed by atoms with Gasteiger partial charge in [0.05, 0.1) is 0 Å². The summed E-state index contributed by atoms with van der Waals surface area (Å²) < 4.78 is 0. The van der Waals surface area contributed by atoms with Crippen LogP contribution >= 0.6 is 11.6 Å². The van der Waals surface area contributed by atoms with Crippen molar-refractivity contribution in [2.24, 2.45) is 17.8 Å². The summed E-state index contributed by atoms with van der Waals surface area (Å²) >= 11 is 6.55. The largest absolute Gasteiger partial charge is 0.0840 e. The molecule has 1 heteroatoms. The second kappa shape index (κ2) is 8.61. The second-order valence-electron chi connectivity index (χ2n) is 8.38. The van der Waals surface area contributed by atoms with Crippen molar-refractivity contribution >= 4 is 11.6 Å². The number of rotatable bonds is 5. The standard InChI is InChI=1S/C25H33Cl/c1-5-20-14-23(15-21(6-2)18(20)4)22-11-12-25(26)24(16-22)13-19-9-7-17(3)8-10-19/h7-12,16,18,20-21,23H,5-6,13-15H2,1-4H3/t18?,20-,21+,23?. The lowest BCUT2D eigenvalue weighted by Gasteiger charge is -2.40. The molecule has 1 fully saturated rings. The van der Waals surface area contributed by atoms with Crippen LogP contribution in [0, 0.1) is 24.7 Å². The molecule has 140 valence electrons. The van der Waals surface area contributed by atoms with Gasteiger partial charge in [-0.3, -0.25) is 0 Å². The molecule has 0 spiro atoms. The van der Waals surface area contributed by atoms with Crippen molar-refractivity contribution in [2.75, 3.05) is 0 Å². The molecule has 0 aromatic heterocycles. The molecule has 26 heavy (non-hydrogen) atoms. The molecule has 3 rings (SSSR count). The highest BCUT2D eigenvalue weighted by Gasteiger charge is 2.33. The van der Waals surface area contributed by atoms with Gasteiger partial charge in [-0.05, 0) is 72.6 Å². The lowest BCUT2D eigenvalue weighted by Crippen LogP contribution is -2.29. The summed E-state index contributed by atoms with van der Waals surface area (Å²) in [7, 11) is 0. The Balaban J connectivity index is 1.83. The van der Waals surface area contributed by atoms with E-state index >= 15 is 0 Å². The lowest BCUT2D eigenvalue weighted by atomic mass is 9.65. The summed E-state index contributed by atoms with van der Waals surface area (Å²) in [6.07, 6.45) is 6.19. The van der Waals surface area contributed by atoms with Crippen molar-refractivity contribution in [1.29, 1.82) is 0 Å². The molecule has 0 bridgehead atoms. The molecule has 0 N–H and O–H groups in total. The third kappa shape index (κ3) is 4.34. The fourth-order valence-electron chi connectivity index (χ4n) is 4.90. The second-order valence-corrected chi connectivity index (χ2v) is 8.78. The Labute approximate surface area is 165 Å². The first kappa shape index (κ1) is 19.5. The Morgan fingerprint density at radius 1 is 0.923 bits per heavy atom. The van der Waals surface area contributed by atoms with Crippen molar-refractivity contribution in [1.82, 2.24) is 0 Å². The SMILES string of the molecule is CC[C@@H]1CC(c2ccc(Cl)c(Cc3ccc(C)cc3)c2)C[C@H](CC)C1C. The Bertz CT molecular complexity index is 701. The molecule has 0 amide bonds. The normalized spacial score (nSPS) is 26.0. The van der Waals surface area contributed by atoms with Gasteiger partial charge < -0.3 is 0 Å². The Hall–Kier alpha value is -1.27. The monoisotopic (exact) mass is 368 g/mol. The molecule has 0 heterocycles. The highest BCUT2D eigenvalue weighted by atomic mass is 35.5. The minimum Gasteiger partial charge on any atom is -0.0840 e. The fraction of sp³-hybridized carbons (Fsp3) is 0.520. The molecule has 2 aromatic rings. The maximum atomic E-state index is 6.55. The first-order valence-electron chi connectivity index (χ1n) is 10.4. The van der Waals surface area contributed by atoms with Crippen LogP contribution in [0.15, 0.2) is 42.5 Å². The van der Waals surface area contributed by atoms with Crippen molar-refractivity contribution < 1.29 is 0 Å². The minimum atomic E-state index is 0.690. The average Bonchev–Trinajstić information content (AvgIpc) is 2.65. The third-order valence-electron chi connectivity index (χ3n) is 6.77. The molecule has 1 aliphatic carbocycles. The number of halogens is 1. The highest BCUT2D eigenvalue weighted by Crippen LogP contribution is 2.45. The molecule has 0 radical (unpaired) electrons. The van der Waals surface area contributed by atoms with Crippen LogP contribution < -0.4 is 0 Å². The third-order valence-corrected chi connectivity index (χ3v) is 7.14. The zero-order valence-electron chi connectivity index (χ0n) is 16.8. The van der Waals surface area contributed by atoms with Crippen LogP contribution in [-0.2, 0) is 6.42 Å². The zero-order valence-corrected chi connectivity index (χ0v) is 17.5. The van der Waals surface area contributed by atoms with E-state index in [-0.39, 0.29) is 0 Å². The van der Waals surface area contributed by atoms with E-state index in [1.54, 1.807) is 0 Å². The van der Waals surface area contributed by atoms with Crippen LogP contribution in [-0.4, -0.2) is 0 Å². The van der Waals surface area contributed by atoms with Gasteiger partial charge in [0.1, 0.15) is 0 Å². The summed E-state index contributed by atoms with van der Waals surface area (Å²) in [6, 6.07) is 15.6. The van der Waals surface area contributed by atoms with E-state index in [1.165, 1.54) is 47.9 Å². The van der Waals surface area contributed by atoms with E-state index in [2.05, 4.69) is 70.2 Å². The predicted octanol–water partition coefficient (Wildman–Crippen LogP) is 7.81. The highest BCUT2D eigenvalue weighted by molar-refractivity contribution is 6.31. The van der Waals surface area contributed by atoms with Gasteiger partial charge in [-0.15, -0.1) is 0 Å². The predicted molar refractivity (Wildman–Crippen MR) is 114 cm³/mol. The van der Waals surface area contributed by atoms with Gasteiger partial charge in [-0.25, -0.2) is 0 Å². The first-order valence-corrected chi connectivity index (χ1v) is 10.7. The molecular formula is C25H33Cl. The Kier molecular flexibility index (Phi) is 6.46. The van der Waals surface area contributed by atoms with Gasteiger partial charge in [-0.1, -0.05) is 87.2 Å². The summed E-state index contributed by atoms with van der Waals surface area (Å²) in [5.74, 6) is 3.26. The van der Waals surface area contributed by atoms with E-state index in [1.807, 2.05) is 0 Å². The Morgan fingerprint density at radius 3 is 2.12 bits per heavy atom. The quantitative estimate of drug-likeness (QED) is 0.504. The summed E-state index contributed by atoms with van der Waals surface area (Å²) in [5.41, 5.74) is 5.42. The molecule has 1 aliphatic rings. The van der Waals surface area contributed by atoms with E-state index in [0.29, 0.717) is 5.92 Å². The van der Waals surface area contributed by atoms with Gasteiger partial charge in [-0.2, -0.15) is 0 Å². The van der Waals surface area contributed by atoms with E-state index in [0.717, 1.165) is 29.2 Å². The van der Waals surface area contributed by atoms with Crippen molar-refractivity contribution in [3.8, 4) is 0 Å². The van der Waals surface area contributed by atoms with E-state index < -0.39 is 0 Å². The molecule has 0 aliphatic heterocycles. The molecule has 2 aromatic carbocycles. The maximum absolute atomic E-state index is 6.55. The molecular weight excluding hydrogens is 336 g/mol. The molecule has 0 saturated heterocycles. The number of aryl methyl sites for hydroxylation is 1. The summed E-state index contributed by atoms with van der Waals surface area (Å²) in [4.78, 5) is 0. The lowest BCUT2D eigenvalue weighted by molar-refractivity contribution is 0.141. The smallest absolute Gasteiger partial charge is 0.0441 e. The number of benzene rings is 2. The minimum absolute atomic E-state index is 0.690. The Morgan fingerprint density at radius 2 is 1.54 bits per heavy atom. The molecule has 1 saturated carbocycles. The molecule has 2 unspecified atom stereocenters. The average molecular weight is 369 g/mol. The fourth-order valence-corrected chi connectivity index (χ4v) is 5.08. The van der Waals surface area contributed by atoms with E-state index in [4.69, 9.17) is 11.6 Å². The first-order chi connectivity index (χ1) is 12.5. The van der Waals surface area contributed by atoms with Crippen LogP contribution in [0.2, 0.25) is 5.02 Å². The van der Waals surface area contributed by atoms with E-state index in [9.17, 15) is 0 Å². The number of hydrogen-bond donors (Lipinski definition) is 0. The van der Waals surface area contributed by atoms with Gasteiger partial charge in [0.2, 0.25) is 0 Å². The van der Waals surface area contributed by atoms with Gasteiger partial charge in [0.15, 0.2) is 0 Å². The summed E-state index contributed by atoms with van der Waals surface area (Å²) in [6.45, 7) is 9.33. The maximum Gasteiger partial charge on any atom is 0.0441 e. The zero-order chi connectivity index (χ0) is 18.7. The van der Waals surface area contributed by atoms with Crippen LogP contribution in [0.5, 0.6) is 0 Å². The van der Waals surface area contributed by atoms with Crippen molar-refractivity contribution in [2.45, 2.75) is 65.7 Å². The topological polar surface area (TPSA) is 0 Å². The summed E-state index contributed by atoms with van der Waals surface area (Å²) in [5, 5.41) is 0.901. The molecule has 0 nitrogen and oxygen atoms in total. The van der Waals surface area contributed by atoms with Crippen molar-refractivity contribution in [3.05, 3.63) is 69.7 Å². The van der Waals surface area contributed by atoms with Crippen LogP contribution in [0.3, 0.4) is 0 Å². The molecule has 4 atom stereocenters. The number of hydrogen-bond acceptors (Lipinski definition) is 0. The van der Waals surface area contributed by atoms with Gasteiger partial charge >= 0.3 is 0 Å². The van der Waals surface area contributed by atoms with Gasteiger partial charge in [0.25, 0.3) is 0 Å². The van der Waals surface area contributed by atoms with Crippen molar-refractivity contribution in [3.63, 3.8) is 0 Å². The van der Waals surface area contributed by atoms with Crippen LogP contribution in [0.25, 0.3) is 0 Å². The van der Waals surface area contributed by atoms with Crippen LogP contribution in [0.4, 0.5) is 0 Å².